The number of nitrogens with zero attached hydrogens (tertiary/aromatic N) is 2. The summed E-state index contributed by atoms with van der Waals surface area (Å²) in [6.07, 6.45) is 1.01. The predicted octanol–water partition coefficient (Wildman–Crippen LogP) is 6.01. The van der Waals surface area contributed by atoms with Gasteiger partial charge in [0.25, 0.3) is 0 Å². The molecule has 0 N–H and O–H groups in total. The Labute approximate surface area is 168 Å². The zero-order valence-electron chi connectivity index (χ0n) is 16.2. The highest BCUT2D eigenvalue weighted by Crippen LogP contribution is 2.31. The standard InChI is InChI=1S/C23H22N2O2S/c1-4-11-25-19-8-6-5-7-18(19)24-22(25)20-9-10-21(28-20)23(26)27-17-13-15(2)12-16(3)14-17/h5-10,12-14H,4,11H2,1-3H3. The third kappa shape index (κ3) is 3.58. The number of fused-ring (bicyclic) bond motifs is 1. The molecule has 2 heterocycles. The molecule has 5 heteroatoms. The van der Waals surface area contributed by atoms with Gasteiger partial charge in [0.1, 0.15) is 10.6 Å². The molecule has 142 valence electrons. The maximum absolute atomic E-state index is 12.6. The molecule has 0 aliphatic heterocycles. The second kappa shape index (κ2) is 7.60. The van der Waals surface area contributed by atoms with Crippen LogP contribution >= 0.6 is 11.3 Å². The van der Waals surface area contributed by atoms with Crippen LogP contribution in [0.25, 0.3) is 21.7 Å². The van der Waals surface area contributed by atoms with E-state index >= 15 is 0 Å². The molecule has 0 aliphatic carbocycles. The first-order chi connectivity index (χ1) is 13.5. The van der Waals surface area contributed by atoms with E-state index < -0.39 is 0 Å². The Morgan fingerprint density at radius 3 is 2.57 bits per heavy atom. The minimum absolute atomic E-state index is 0.334. The molecule has 4 rings (SSSR count). The molecule has 28 heavy (non-hydrogen) atoms. The van der Waals surface area contributed by atoms with Crippen molar-refractivity contribution in [2.75, 3.05) is 0 Å². The number of esters is 1. The van der Waals surface area contributed by atoms with Gasteiger partial charge in [0, 0.05) is 6.54 Å². The lowest BCUT2D eigenvalue weighted by Crippen LogP contribution is -2.06. The molecule has 0 saturated carbocycles. The Bertz CT molecular complexity index is 1140. The van der Waals surface area contributed by atoms with Gasteiger partial charge in [0.15, 0.2) is 5.82 Å². The summed E-state index contributed by atoms with van der Waals surface area (Å²) >= 11 is 1.42. The summed E-state index contributed by atoms with van der Waals surface area (Å²) < 4.78 is 7.81. The Balaban J connectivity index is 1.65. The topological polar surface area (TPSA) is 44.1 Å². The van der Waals surface area contributed by atoms with Gasteiger partial charge in [-0.05, 0) is 67.8 Å². The fraction of sp³-hybridized carbons (Fsp3) is 0.217. The van der Waals surface area contributed by atoms with Gasteiger partial charge in [-0.2, -0.15) is 0 Å². The van der Waals surface area contributed by atoms with Crippen LogP contribution in [0, 0.1) is 13.8 Å². The van der Waals surface area contributed by atoms with Crippen LogP contribution in [0.1, 0.15) is 34.1 Å². The lowest BCUT2D eigenvalue weighted by Gasteiger charge is -2.06. The van der Waals surface area contributed by atoms with Gasteiger partial charge >= 0.3 is 5.97 Å². The van der Waals surface area contributed by atoms with Crippen molar-refractivity contribution in [2.45, 2.75) is 33.7 Å². The van der Waals surface area contributed by atoms with Crippen molar-refractivity contribution >= 4 is 28.3 Å². The molecule has 0 unspecified atom stereocenters. The highest BCUT2D eigenvalue weighted by molar-refractivity contribution is 7.17. The number of carbonyl (C=O) groups is 1. The first-order valence-corrected chi connectivity index (χ1v) is 10.2. The van der Waals surface area contributed by atoms with Gasteiger partial charge < -0.3 is 9.30 Å². The molecular formula is C23H22N2O2S. The number of hydrogen-bond acceptors (Lipinski definition) is 4. The van der Waals surface area contributed by atoms with E-state index in [0.29, 0.717) is 10.6 Å². The summed E-state index contributed by atoms with van der Waals surface area (Å²) in [5.74, 6) is 1.15. The fourth-order valence-corrected chi connectivity index (χ4v) is 4.31. The maximum atomic E-state index is 12.6. The van der Waals surface area contributed by atoms with Crippen molar-refractivity contribution in [3.8, 4) is 16.5 Å². The van der Waals surface area contributed by atoms with Crippen molar-refractivity contribution in [1.29, 1.82) is 0 Å². The van der Waals surface area contributed by atoms with Gasteiger partial charge in [-0.1, -0.05) is 25.1 Å². The molecule has 0 saturated heterocycles. The molecular weight excluding hydrogens is 368 g/mol. The molecule has 0 spiro atoms. The van der Waals surface area contributed by atoms with Crippen LogP contribution in [0.15, 0.2) is 54.6 Å². The number of aromatic nitrogens is 2. The number of rotatable bonds is 5. The summed E-state index contributed by atoms with van der Waals surface area (Å²) in [7, 11) is 0. The highest BCUT2D eigenvalue weighted by Gasteiger charge is 2.17. The van der Waals surface area contributed by atoms with Crippen LogP contribution in [-0.2, 0) is 6.54 Å². The molecule has 0 amide bonds. The van der Waals surface area contributed by atoms with E-state index in [-0.39, 0.29) is 5.97 Å². The predicted molar refractivity (Wildman–Crippen MR) is 114 cm³/mol. The zero-order valence-corrected chi connectivity index (χ0v) is 17.0. The fourth-order valence-electron chi connectivity index (χ4n) is 3.43. The minimum Gasteiger partial charge on any atom is -0.422 e. The number of benzene rings is 2. The highest BCUT2D eigenvalue weighted by atomic mass is 32.1. The van der Waals surface area contributed by atoms with Gasteiger partial charge in [0.05, 0.1) is 15.9 Å². The maximum Gasteiger partial charge on any atom is 0.353 e. The van der Waals surface area contributed by atoms with Gasteiger partial charge in [-0.3, -0.25) is 0 Å². The van der Waals surface area contributed by atoms with Crippen LogP contribution in [0.5, 0.6) is 5.75 Å². The molecule has 0 fully saturated rings. The molecule has 0 atom stereocenters. The van der Waals surface area contributed by atoms with Crippen molar-refractivity contribution in [3.05, 3.63) is 70.6 Å². The second-order valence-corrected chi connectivity index (χ2v) is 8.04. The summed E-state index contributed by atoms with van der Waals surface area (Å²) in [4.78, 5) is 19.0. The summed E-state index contributed by atoms with van der Waals surface area (Å²) in [6, 6.07) is 17.7. The molecule has 2 aromatic heterocycles. The van der Waals surface area contributed by atoms with E-state index in [9.17, 15) is 4.79 Å². The summed E-state index contributed by atoms with van der Waals surface area (Å²) in [6.45, 7) is 7.02. The van der Waals surface area contributed by atoms with Crippen LogP contribution in [0.4, 0.5) is 0 Å². The lowest BCUT2D eigenvalue weighted by atomic mass is 10.1. The van der Waals surface area contributed by atoms with E-state index in [4.69, 9.17) is 9.72 Å². The molecule has 0 radical (unpaired) electrons. The van der Waals surface area contributed by atoms with Crippen LogP contribution < -0.4 is 4.74 Å². The lowest BCUT2D eigenvalue weighted by molar-refractivity contribution is 0.0740. The number of imidazole rings is 1. The Morgan fingerprint density at radius 2 is 1.82 bits per heavy atom. The number of ether oxygens (including phenoxy) is 1. The number of carbonyl (C=O) groups excluding carboxylic acids is 1. The van der Waals surface area contributed by atoms with Crippen molar-refractivity contribution in [3.63, 3.8) is 0 Å². The molecule has 0 aliphatic rings. The van der Waals surface area contributed by atoms with Crippen LogP contribution in [-0.4, -0.2) is 15.5 Å². The Hall–Kier alpha value is -2.92. The normalized spacial score (nSPS) is 11.1. The molecule has 2 aromatic carbocycles. The third-order valence-corrected chi connectivity index (χ3v) is 5.60. The first-order valence-electron chi connectivity index (χ1n) is 9.41. The quantitative estimate of drug-likeness (QED) is 0.309. The monoisotopic (exact) mass is 390 g/mol. The van der Waals surface area contributed by atoms with Crippen LogP contribution in [0.3, 0.4) is 0 Å². The average Bonchev–Trinajstić information content (AvgIpc) is 3.26. The molecule has 0 bridgehead atoms. The summed E-state index contributed by atoms with van der Waals surface area (Å²) in [5, 5.41) is 0. The Morgan fingerprint density at radius 1 is 1.07 bits per heavy atom. The minimum atomic E-state index is -0.334. The van der Waals surface area contributed by atoms with E-state index in [1.807, 2.05) is 56.3 Å². The smallest absolute Gasteiger partial charge is 0.353 e. The van der Waals surface area contributed by atoms with E-state index in [1.54, 1.807) is 0 Å². The van der Waals surface area contributed by atoms with E-state index in [1.165, 1.54) is 11.3 Å². The van der Waals surface area contributed by atoms with Gasteiger partial charge in [0.2, 0.25) is 0 Å². The number of thiophene rings is 1. The van der Waals surface area contributed by atoms with Crippen molar-refractivity contribution in [2.24, 2.45) is 0 Å². The third-order valence-electron chi connectivity index (χ3n) is 4.54. The van der Waals surface area contributed by atoms with Gasteiger partial charge in [-0.15, -0.1) is 11.3 Å². The number of aryl methyl sites for hydroxylation is 3. The average molecular weight is 391 g/mol. The first kappa shape index (κ1) is 18.4. The van der Waals surface area contributed by atoms with Crippen molar-refractivity contribution in [1.82, 2.24) is 9.55 Å². The molecule has 4 aromatic rings. The Kier molecular flexibility index (Phi) is 5.01. The largest absolute Gasteiger partial charge is 0.422 e. The second-order valence-electron chi connectivity index (χ2n) is 6.95. The zero-order chi connectivity index (χ0) is 19.7. The number of para-hydroxylation sites is 2. The van der Waals surface area contributed by atoms with Gasteiger partial charge in [-0.25, -0.2) is 9.78 Å². The number of hydrogen-bond donors (Lipinski definition) is 0. The van der Waals surface area contributed by atoms with Crippen molar-refractivity contribution < 1.29 is 9.53 Å². The molecule has 4 nitrogen and oxygen atoms in total. The summed E-state index contributed by atoms with van der Waals surface area (Å²) in [5.41, 5.74) is 4.23. The van der Waals surface area contributed by atoms with E-state index in [0.717, 1.165) is 45.8 Å². The SMILES string of the molecule is CCCn1c(-c2ccc(C(=O)Oc3cc(C)cc(C)c3)s2)nc2ccccc21. The van der Waals surface area contributed by atoms with Crippen LogP contribution in [0.2, 0.25) is 0 Å². The van der Waals surface area contributed by atoms with E-state index in [2.05, 4.69) is 23.6 Å².